The standard InChI is InChI=1S/C17H17ClN2O3/c1-17(2,23-14-9-7-13(18)8-10-14)16(22)20-19-11-12-5-3-4-6-15(12)21/h3-11,21H,1-2H3,(H,20,22). The average Bonchev–Trinajstić information content (AvgIpc) is 2.51. The number of amides is 1. The van der Waals surface area contributed by atoms with Crippen LogP contribution in [0.3, 0.4) is 0 Å². The molecular weight excluding hydrogens is 316 g/mol. The normalized spacial score (nSPS) is 11.4. The summed E-state index contributed by atoms with van der Waals surface area (Å²) in [6.45, 7) is 3.26. The van der Waals surface area contributed by atoms with Gasteiger partial charge in [-0.2, -0.15) is 5.10 Å². The van der Waals surface area contributed by atoms with Gasteiger partial charge >= 0.3 is 0 Å². The minimum atomic E-state index is -1.12. The maximum absolute atomic E-state index is 12.2. The number of aromatic hydroxyl groups is 1. The molecule has 1 amide bonds. The van der Waals surface area contributed by atoms with Crippen LogP contribution in [0.15, 0.2) is 53.6 Å². The van der Waals surface area contributed by atoms with Gasteiger partial charge in [-0.3, -0.25) is 4.79 Å². The first kappa shape index (κ1) is 16.8. The fourth-order valence-electron chi connectivity index (χ4n) is 1.74. The number of para-hydroxylation sites is 1. The van der Waals surface area contributed by atoms with E-state index in [4.69, 9.17) is 16.3 Å². The van der Waals surface area contributed by atoms with Crippen molar-refractivity contribution in [1.82, 2.24) is 5.43 Å². The van der Waals surface area contributed by atoms with Crippen molar-refractivity contribution >= 4 is 23.7 Å². The molecule has 0 aliphatic rings. The minimum absolute atomic E-state index is 0.0853. The monoisotopic (exact) mass is 332 g/mol. The number of carbonyl (C=O) groups excluding carboxylic acids is 1. The van der Waals surface area contributed by atoms with Crippen molar-refractivity contribution in [2.45, 2.75) is 19.4 Å². The lowest BCUT2D eigenvalue weighted by atomic mass is 10.1. The van der Waals surface area contributed by atoms with Crippen molar-refractivity contribution in [1.29, 1.82) is 0 Å². The Morgan fingerprint density at radius 1 is 1.22 bits per heavy atom. The Hall–Kier alpha value is -2.53. The van der Waals surface area contributed by atoms with Crippen LogP contribution in [0, 0.1) is 0 Å². The molecule has 0 radical (unpaired) electrons. The quantitative estimate of drug-likeness (QED) is 0.651. The molecule has 5 nitrogen and oxygen atoms in total. The third-order valence-electron chi connectivity index (χ3n) is 3.04. The summed E-state index contributed by atoms with van der Waals surface area (Å²) in [6.07, 6.45) is 1.37. The highest BCUT2D eigenvalue weighted by Crippen LogP contribution is 2.21. The molecule has 6 heteroatoms. The van der Waals surface area contributed by atoms with Crippen LogP contribution in [0.25, 0.3) is 0 Å². The summed E-state index contributed by atoms with van der Waals surface area (Å²) in [6, 6.07) is 13.4. The number of ether oxygens (including phenoxy) is 1. The van der Waals surface area contributed by atoms with Gasteiger partial charge in [-0.05, 0) is 50.2 Å². The molecule has 0 fully saturated rings. The molecule has 0 heterocycles. The fraction of sp³-hybridized carbons (Fsp3) is 0.176. The molecule has 0 atom stereocenters. The van der Waals surface area contributed by atoms with Gasteiger partial charge in [0.05, 0.1) is 6.21 Å². The summed E-state index contributed by atoms with van der Waals surface area (Å²) >= 11 is 5.81. The predicted molar refractivity (Wildman–Crippen MR) is 90.0 cm³/mol. The van der Waals surface area contributed by atoms with Crippen LogP contribution in [0.1, 0.15) is 19.4 Å². The molecule has 2 aromatic rings. The molecular formula is C17H17ClN2O3. The number of nitrogens with zero attached hydrogens (tertiary/aromatic N) is 1. The highest BCUT2D eigenvalue weighted by atomic mass is 35.5. The molecule has 2 aromatic carbocycles. The van der Waals surface area contributed by atoms with E-state index in [0.29, 0.717) is 16.3 Å². The first-order chi connectivity index (χ1) is 10.9. The lowest BCUT2D eigenvalue weighted by Gasteiger charge is -2.24. The third kappa shape index (κ3) is 4.72. The summed E-state index contributed by atoms with van der Waals surface area (Å²) in [5.41, 5.74) is 1.78. The van der Waals surface area contributed by atoms with Gasteiger partial charge in [0, 0.05) is 10.6 Å². The van der Waals surface area contributed by atoms with Gasteiger partial charge in [-0.1, -0.05) is 23.7 Å². The molecule has 0 unspecified atom stereocenters. The number of phenolic OH excluding ortho intramolecular Hbond substituents is 1. The summed E-state index contributed by atoms with van der Waals surface area (Å²) in [4.78, 5) is 12.2. The molecule has 0 aliphatic carbocycles. The molecule has 2 rings (SSSR count). The molecule has 0 saturated heterocycles. The molecule has 120 valence electrons. The van der Waals surface area contributed by atoms with Crippen molar-refractivity contribution in [3.8, 4) is 11.5 Å². The second-order valence-corrected chi connectivity index (χ2v) is 5.76. The molecule has 0 spiro atoms. The van der Waals surface area contributed by atoms with E-state index in [1.54, 1.807) is 56.3 Å². The van der Waals surface area contributed by atoms with E-state index in [1.165, 1.54) is 12.3 Å². The van der Waals surface area contributed by atoms with Gasteiger partial charge in [-0.15, -0.1) is 0 Å². The van der Waals surface area contributed by atoms with E-state index in [9.17, 15) is 9.90 Å². The van der Waals surface area contributed by atoms with Crippen LogP contribution in [0.5, 0.6) is 11.5 Å². The average molecular weight is 333 g/mol. The Morgan fingerprint density at radius 3 is 2.52 bits per heavy atom. The lowest BCUT2D eigenvalue weighted by Crippen LogP contribution is -2.44. The van der Waals surface area contributed by atoms with Crippen molar-refractivity contribution in [3.05, 3.63) is 59.1 Å². The Morgan fingerprint density at radius 2 is 1.87 bits per heavy atom. The number of hydrogen-bond acceptors (Lipinski definition) is 4. The highest BCUT2D eigenvalue weighted by Gasteiger charge is 2.29. The van der Waals surface area contributed by atoms with Crippen LogP contribution in [-0.2, 0) is 4.79 Å². The van der Waals surface area contributed by atoms with E-state index in [2.05, 4.69) is 10.5 Å². The Labute approximate surface area is 139 Å². The topological polar surface area (TPSA) is 70.9 Å². The SMILES string of the molecule is CC(C)(Oc1ccc(Cl)cc1)C(=O)NN=Cc1ccccc1O. The molecule has 2 N–H and O–H groups in total. The zero-order valence-electron chi connectivity index (χ0n) is 12.8. The van der Waals surface area contributed by atoms with E-state index in [1.807, 2.05) is 0 Å². The summed E-state index contributed by atoms with van der Waals surface area (Å²) in [5.74, 6) is 0.195. The molecule has 0 aromatic heterocycles. The van der Waals surface area contributed by atoms with Crippen molar-refractivity contribution < 1.29 is 14.6 Å². The van der Waals surface area contributed by atoms with Crippen LogP contribution in [0.2, 0.25) is 5.02 Å². The minimum Gasteiger partial charge on any atom is -0.507 e. The maximum atomic E-state index is 12.2. The van der Waals surface area contributed by atoms with Crippen LogP contribution < -0.4 is 10.2 Å². The number of phenols is 1. The van der Waals surface area contributed by atoms with Crippen LogP contribution in [0.4, 0.5) is 0 Å². The number of benzene rings is 2. The number of nitrogens with one attached hydrogen (secondary N) is 1. The molecule has 23 heavy (non-hydrogen) atoms. The van der Waals surface area contributed by atoms with E-state index >= 15 is 0 Å². The van der Waals surface area contributed by atoms with Crippen molar-refractivity contribution in [3.63, 3.8) is 0 Å². The summed E-state index contributed by atoms with van der Waals surface area (Å²) in [7, 11) is 0. The number of halogens is 1. The van der Waals surface area contributed by atoms with Gasteiger partial charge in [0.1, 0.15) is 11.5 Å². The van der Waals surface area contributed by atoms with Gasteiger partial charge in [0.2, 0.25) is 0 Å². The fourth-order valence-corrected chi connectivity index (χ4v) is 1.86. The Balaban J connectivity index is 1.98. The van der Waals surface area contributed by atoms with Crippen LogP contribution in [-0.4, -0.2) is 22.8 Å². The molecule has 0 bridgehead atoms. The van der Waals surface area contributed by atoms with Gasteiger partial charge in [-0.25, -0.2) is 5.43 Å². The van der Waals surface area contributed by atoms with Crippen molar-refractivity contribution in [2.24, 2.45) is 5.10 Å². The Bertz CT molecular complexity index is 712. The second kappa shape index (κ2) is 7.15. The Kier molecular flexibility index (Phi) is 5.24. The zero-order valence-corrected chi connectivity index (χ0v) is 13.5. The maximum Gasteiger partial charge on any atom is 0.283 e. The third-order valence-corrected chi connectivity index (χ3v) is 3.29. The highest BCUT2D eigenvalue weighted by molar-refractivity contribution is 6.30. The number of hydrogen-bond donors (Lipinski definition) is 2. The van der Waals surface area contributed by atoms with Crippen molar-refractivity contribution in [2.75, 3.05) is 0 Å². The number of rotatable bonds is 5. The molecule has 0 saturated carbocycles. The number of carbonyl (C=O) groups is 1. The largest absolute Gasteiger partial charge is 0.507 e. The second-order valence-electron chi connectivity index (χ2n) is 5.32. The zero-order chi connectivity index (χ0) is 16.9. The first-order valence-corrected chi connectivity index (χ1v) is 7.32. The first-order valence-electron chi connectivity index (χ1n) is 6.94. The molecule has 0 aliphatic heterocycles. The van der Waals surface area contributed by atoms with Gasteiger partial charge in [0.25, 0.3) is 5.91 Å². The summed E-state index contributed by atoms with van der Waals surface area (Å²) < 4.78 is 5.65. The van der Waals surface area contributed by atoms with Gasteiger partial charge < -0.3 is 9.84 Å². The van der Waals surface area contributed by atoms with Crippen LogP contribution >= 0.6 is 11.6 Å². The smallest absolute Gasteiger partial charge is 0.283 e. The predicted octanol–water partition coefficient (Wildman–Crippen LogP) is 3.35. The number of hydrazone groups is 1. The van der Waals surface area contributed by atoms with Gasteiger partial charge in [0.15, 0.2) is 5.60 Å². The van der Waals surface area contributed by atoms with E-state index < -0.39 is 11.5 Å². The van der Waals surface area contributed by atoms with E-state index in [-0.39, 0.29) is 5.75 Å². The lowest BCUT2D eigenvalue weighted by molar-refractivity contribution is -0.134. The summed E-state index contributed by atoms with van der Waals surface area (Å²) in [5, 5.41) is 14.0. The van der Waals surface area contributed by atoms with E-state index in [0.717, 1.165) is 0 Å².